The average Bonchev–Trinajstić information content (AvgIpc) is 3.22. The Hall–Kier alpha value is -3.12. The molecule has 0 aliphatic carbocycles. The molecule has 1 aromatic heterocycles. The predicted octanol–water partition coefficient (Wildman–Crippen LogP) is 3.37. The lowest BCUT2D eigenvalue weighted by Crippen LogP contribution is -2.23. The summed E-state index contributed by atoms with van der Waals surface area (Å²) in [7, 11) is 1.64. The summed E-state index contributed by atoms with van der Waals surface area (Å²) < 4.78 is 12.5. The Morgan fingerprint density at radius 3 is 2.93 bits per heavy atom. The van der Waals surface area contributed by atoms with E-state index in [0.717, 1.165) is 28.3 Å². The zero-order valence-corrected chi connectivity index (χ0v) is 15.1. The van der Waals surface area contributed by atoms with Crippen LogP contribution in [-0.2, 0) is 9.53 Å². The maximum Gasteiger partial charge on any atom is 0.225 e. The molecule has 1 aliphatic rings. The molecule has 2 heterocycles. The van der Waals surface area contributed by atoms with Crippen molar-refractivity contribution in [3.63, 3.8) is 0 Å². The van der Waals surface area contributed by atoms with Gasteiger partial charge in [0, 0.05) is 43.6 Å². The number of hydrogen-bond acceptors (Lipinski definition) is 4. The quantitative estimate of drug-likeness (QED) is 0.682. The van der Waals surface area contributed by atoms with Crippen molar-refractivity contribution in [1.82, 2.24) is 9.78 Å². The first-order valence-electron chi connectivity index (χ1n) is 8.90. The number of anilines is 1. The number of rotatable bonds is 6. The number of hydrogen-bond donors (Lipinski definition) is 1. The van der Waals surface area contributed by atoms with Gasteiger partial charge in [-0.1, -0.05) is 18.2 Å². The van der Waals surface area contributed by atoms with Gasteiger partial charge in [-0.2, -0.15) is 5.10 Å². The van der Waals surface area contributed by atoms with Gasteiger partial charge in [0.05, 0.1) is 12.3 Å². The zero-order chi connectivity index (χ0) is 18.6. The lowest BCUT2D eigenvalue weighted by Gasteiger charge is -2.27. The third-order valence-electron chi connectivity index (χ3n) is 4.66. The van der Waals surface area contributed by atoms with Gasteiger partial charge in [0.1, 0.15) is 12.4 Å². The second-order valence-electron chi connectivity index (χ2n) is 6.44. The Bertz CT molecular complexity index is 938. The van der Waals surface area contributed by atoms with Gasteiger partial charge in [-0.05, 0) is 35.4 Å². The van der Waals surface area contributed by atoms with Crippen LogP contribution in [0.2, 0.25) is 0 Å². The Morgan fingerprint density at radius 1 is 1.19 bits per heavy atom. The van der Waals surface area contributed by atoms with E-state index >= 15 is 0 Å². The third-order valence-corrected chi connectivity index (χ3v) is 4.66. The fraction of sp³-hybridized carbons (Fsp3) is 0.238. The van der Waals surface area contributed by atoms with E-state index in [2.05, 4.69) is 22.5 Å². The molecule has 1 atom stereocenters. The van der Waals surface area contributed by atoms with E-state index in [-0.39, 0.29) is 11.8 Å². The van der Waals surface area contributed by atoms with Crippen LogP contribution in [0.5, 0.6) is 5.75 Å². The smallest absolute Gasteiger partial charge is 0.225 e. The van der Waals surface area contributed by atoms with E-state index in [1.807, 2.05) is 47.3 Å². The molecule has 138 valence electrons. The van der Waals surface area contributed by atoms with Crippen molar-refractivity contribution < 1.29 is 14.3 Å². The van der Waals surface area contributed by atoms with Crippen LogP contribution in [0.15, 0.2) is 60.9 Å². The molecule has 0 radical (unpaired) electrons. The number of amides is 1. The van der Waals surface area contributed by atoms with Gasteiger partial charge in [-0.15, -0.1) is 0 Å². The van der Waals surface area contributed by atoms with E-state index in [0.29, 0.717) is 19.6 Å². The topological polar surface area (TPSA) is 65.4 Å². The minimum atomic E-state index is -0.00251. The lowest BCUT2D eigenvalue weighted by atomic mass is 9.84. The van der Waals surface area contributed by atoms with Crippen molar-refractivity contribution in [1.29, 1.82) is 0 Å². The normalized spacial score (nSPS) is 15.9. The van der Waals surface area contributed by atoms with Crippen molar-refractivity contribution in [3.05, 3.63) is 72.1 Å². The van der Waals surface area contributed by atoms with Gasteiger partial charge >= 0.3 is 0 Å². The van der Waals surface area contributed by atoms with Crippen LogP contribution < -0.4 is 10.1 Å². The summed E-state index contributed by atoms with van der Waals surface area (Å²) in [4.78, 5) is 12.3. The zero-order valence-electron chi connectivity index (χ0n) is 15.1. The van der Waals surface area contributed by atoms with Crippen molar-refractivity contribution in [2.24, 2.45) is 0 Å². The lowest BCUT2D eigenvalue weighted by molar-refractivity contribution is -0.116. The van der Waals surface area contributed by atoms with E-state index in [1.54, 1.807) is 13.3 Å². The van der Waals surface area contributed by atoms with Crippen molar-refractivity contribution in [2.75, 3.05) is 25.6 Å². The SMILES string of the molecule is COCCOc1ccc2c(c1)NC(=O)C[C@H]2c1cccc(-n2cccn2)c1. The Labute approximate surface area is 157 Å². The first-order chi connectivity index (χ1) is 13.2. The highest BCUT2D eigenvalue weighted by Gasteiger charge is 2.27. The Morgan fingerprint density at radius 2 is 2.11 bits per heavy atom. The number of methoxy groups -OCH3 is 1. The number of fused-ring (bicyclic) bond motifs is 1. The maximum atomic E-state index is 12.3. The molecule has 27 heavy (non-hydrogen) atoms. The number of carbonyl (C=O) groups excluding carboxylic acids is 1. The monoisotopic (exact) mass is 363 g/mol. The van der Waals surface area contributed by atoms with E-state index in [4.69, 9.17) is 9.47 Å². The first-order valence-corrected chi connectivity index (χ1v) is 8.90. The van der Waals surface area contributed by atoms with Crippen LogP contribution in [0, 0.1) is 0 Å². The number of nitrogens with one attached hydrogen (secondary N) is 1. The van der Waals surface area contributed by atoms with E-state index < -0.39 is 0 Å². The molecule has 6 nitrogen and oxygen atoms in total. The molecule has 6 heteroatoms. The van der Waals surface area contributed by atoms with Crippen LogP contribution in [0.3, 0.4) is 0 Å². The standard InChI is InChI=1S/C21H21N3O3/c1-26-10-11-27-17-6-7-18-19(14-21(25)23-20(18)13-17)15-4-2-5-16(12-15)24-9-3-8-22-24/h2-9,12-13,19H,10-11,14H2,1H3,(H,23,25)/t19-/m0/s1. The van der Waals surface area contributed by atoms with Crippen molar-refractivity contribution in [3.8, 4) is 11.4 Å². The molecule has 0 fully saturated rings. The minimum absolute atomic E-state index is 0.00251. The maximum absolute atomic E-state index is 12.3. The summed E-state index contributed by atoms with van der Waals surface area (Å²) >= 11 is 0. The molecule has 0 bridgehead atoms. The first kappa shape index (κ1) is 17.3. The molecule has 0 spiro atoms. The average molecular weight is 363 g/mol. The van der Waals surface area contributed by atoms with Crippen LogP contribution in [0.1, 0.15) is 23.5 Å². The van der Waals surface area contributed by atoms with Crippen LogP contribution >= 0.6 is 0 Å². The summed E-state index contributed by atoms with van der Waals surface area (Å²) in [5.41, 5.74) is 3.96. The highest BCUT2D eigenvalue weighted by atomic mass is 16.5. The van der Waals surface area contributed by atoms with Crippen LogP contribution in [-0.4, -0.2) is 36.0 Å². The molecule has 3 aromatic rings. The molecule has 0 saturated heterocycles. The number of benzene rings is 2. The van der Waals surface area contributed by atoms with E-state index in [1.165, 1.54) is 0 Å². The largest absolute Gasteiger partial charge is 0.491 e. The molecule has 0 unspecified atom stereocenters. The number of aromatic nitrogens is 2. The fourth-order valence-corrected chi connectivity index (χ4v) is 3.38. The number of ether oxygens (including phenoxy) is 2. The highest BCUT2D eigenvalue weighted by Crippen LogP contribution is 2.39. The molecular weight excluding hydrogens is 342 g/mol. The molecule has 0 saturated carbocycles. The molecular formula is C21H21N3O3. The van der Waals surface area contributed by atoms with Gasteiger partial charge in [0.15, 0.2) is 0 Å². The minimum Gasteiger partial charge on any atom is -0.491 e. The number of carbonyl (C=O) groups is 1. The van der Waals surface area contributed by atoms with Gasteiger partial charge in [0.25, 0.3) is 0 Å². The molecule has 1 aliphatic heterocycles. The summed E-state index contributed by atoms with van der Waals surface area (Å²) in [6, 6.07) is 15.9. The summed E-state index contributed by atoms with van der Waals surface area (Å²) in [5, 5.41) is 7.25. The van der Waals surface area contributed by atoms with Crippen LogP contribution in [0.25, 0.3) is 5.69 Å². The number of nitrogens with zero attached hydrogens (tertiary/aromatic N) is 2. The molecule has 4 rings (SSSR count). The molecule has 1 amide bonds. The second-order valence-corrected chi connectivity index (χ2v) is 6.44. The third kappa shape index (κ3) is 3.71. The van der Waals surface area contributed by atoms with Gasteiger partial charge in [-0.25, -0.2) is 4.68 Å². The molecule has 1 N–H and O–H groups in total. The van der Waals surface area contributed by atoms with E-state index in [9.17, 15) is 4.79 Å². The summed E-state index contributed by atoms with van der Waals surface area (Å²) in [5.74, 6) is 0.723. The van der Waals surface area contributed by atoms with Crippen molar-refractivity contribution in [2.45, 2.75) is 12.3 Å². The highest BCUT2D eigenvalue weighted by molar-refractivity contribution is 5.95. The van der Waals surface area contributed by atoms with Gasteiger partial charge in [0.2, 0.25) is 5.91 Å². The summed E-state index contributed by atoms with van der Waals surface area (Å²) in [6.07, 6.45) is 4.07. The summed E-state index contributed by atoms with van der Waals surface area (Å²) in [6.45, 7) is 0.991. The van der Waals surface area contributed by atoms with Gasteiger partial charge in [-0.3, -0.25) is 4.79 Å². The van der Waals surface area contributed by atoms with Crippen LogP contribution in [0.4, 0.5) is 5.69 Å². The van der Waals surface area contributed by atoms with Crippen molar-refractivity contribution >= 4 is 11.6 Å². The Kier molecular flexibility index (Phi) is 4.89. The Balaban J connectivity index is 1.65. The fourth-order valence-electron chi connectivity index (χ4n) is 3.38. The predicted molar refractivity (Wildman–Crippen MR) is 102 cm³/mol. The van der Waals surface area contributed by atoms with Gasteiger partial charge < -0.3 is 14.8 Å². The molecule has 2 aromatic carbocycles. The second kappa shape index (κ2) is 7.63.